The molecule has 0 aliphatic rings. The number of hydrogen-bond acceptors (Lipinski definition) is 2. The third-order valence-corrected chi connectivity index (χ3v) is 3.30. The van der Waals surface area contributed by atoms with E-state index in [1.165, 1.54) is 16.3 Å². The van der Waals surface area contributed by atoms with Gasteiger partial charge in [-0.1, -0.05) is 48.0 Å². The molecule has 0 aliphatic carbocycles. The van der Waals surface area contributed by atoms with E-state index in [4.69, 9.17) is 9.84 Å². The molecule has 106 valence electrons. The van der Waals surface area contributed by atoms with Crippen LogP contribution in [0.5, 0.6) is 0 Å². The smallest absolute Gasteiger partial charge is 0.0860 e. The SMILES string of the molecule is CC(C)=CCC(OCCO)c1ccc2ccccc2c1. The highest BCUT2D eigenvalue weighted by molar-refractivity contribution is 5.83. The first-order chi connectivity index (χ1) is 9.70. The highest BCUT2D eigenvalue weighted by atomic mass is 16.5. The van der Waals surface area contributed by atoms with Crippen molar-refractivity contribution < 1.29 is 9.84 Å². The van der Waals surface area contributed by atoms with E-state index >= 15 is 0 Å². The van der Waals surface area contributed by atoms with Crippen molar-refractivity contribution in [3.63, 3.8) is 0 Å². The molecule has 0 fully saturated rings. The molecule has 1 unspecified atom stereocenters. The van der Waals surface area contributed by atoms with Crippen LogP contribution >= 0.6 is 0 Å². The first-order valence-electron chi connectivity index (χ1n) is 7.05. The van der Waals surface area contributed by atoms with Gasteiger partial charge in [-0.2, -0.15) is 0 Å². The molecule has 0 aromatic heterocycles. The van der Waals surface area contributed by atoms with Crippen LogP contribution in [0, 0.1) is 0 Å². The lowest BCUT2D eigenvalue weighted by molar-refractivity contribution is 0.0295. The molecule has 0 saturated heterocycles. The lowest BCUT2D eigenvalue weighted by atomic mass is 10.0. The zero-order valence-electron chi connectivity index (χ0n) is 12.2. The van der Waals surface area contributed by atoms with E-state index in [0.29, 0.717) is 6.61 Å². The van der Waals surface area contributed by atoms with E-state index in [1.54, 1.807) is 0 Å². The monoisotopic (exact) mass is 270 g/mol. The molecule has 1 N–H and O–H groups in total. The second-order valence-corrected chi connectivity index (χ2v) is 5.21. The Balaban J connectivity index is 2.26. The fourth-order valence-electron chi connectivity index (χ4n) is 2.25. The second-order valence-electron chi connectivity index (χ2n) is 5.21. The van der Waals surface area contributed by atoms with Gasteiger partial charge in [0.05, 0.1) is 19.3 Å². The molecule has 0 radical (unpaired) electrons. The molecular formula is C18H22O2. The van der Waals surface area contributed by atoms with E-state index < -0.39 is 0 Å². The number of benzene rings is 2. The Kier molecular flexibility index (Phi) is 5.33. The highest BCUT2D eigenvalue weighted by Crippen LogP contribution is 2.26. The summed E-state index contributed by atoms with van der Waals surface area (Å²) in [4.78, 5) is 0. The van der Waals surface area contributed by atoms with Gasteiger partial charge in [0, 0.05) is 0 Å². The maximum absolute atomic E-state index is 8.97. The minimum absolute atomic E-state index is 0.00153. The standard InChI is InChI=1S/C18H22O2/c1-14(2)7-10-18(20-12-11-19)17-9-8-15-5-3-4-6-16(15)13-17/h3-9,13,18-19H,10-12H2,1-2H3. The predicted molar refractivity (Wildman–Crippen MR) is 83.8 cm³/mol. The van der Waals surface area contributed by atoms with Crippen LogP contribution in [0.15, 0.2) is 54.1 Å². The summed E-state index contributed by atoms with van der Waals surface area (Å²) in [6, 6.07) is 14.7. The number of aliphatic hydroxyl groups excluding tert-OH is 1. The summed E-state index contributed by atoms with van der Waals surface area (Å²) in [6.07, 6.45) is 3.01. The van der Waals surface area contributed by atoms with Gasteiger partial charge in [0.2, 0.25) is 0 Å². The summed E-state index contributed by atoms with van der Waals surface area (Å²) in [5.41, 5.74) is 2.44. The van der Waals surface area contributed by atoms with E-state index in [1.807, 2.05) is 12.1 Å². The van der Waals surface area contributed by atoms with Gasteiger partial charge in [-0.25, -0.2) is 0 Å². The summed E-state index contributed by atoms with van der Waals surface area (Å²) in [5.74, 6) is 0. The number of rotatable bonds is 6. The molecule has 0 bridgehead atoms. The van der Waals surface area contributed by atoms with Crippen molar-refractivity contribution in [3.8, 4) is 0 Å². The Morgan fingerprint density at radius 1 is 1.15 bits per heavy atom. The highest BCUT2D eigenvalue weighted by Gasteiger charge is 2.11. The molecule has 20 heavy (non-hydrogen) atoms. The van der Waals surface area contributed by atoms with Crippen LogP contribution < -0.4 is 0 Å². The molecule has 0 saturated carbocycles. The summed E-state index contributed by atoms with van der Waals surface area (Å²) >= 11 is 0. The predicted octanol–water partition coefficient (Wildman–Crippen LogP) is 4.25. The maximum Gasteiger partial charge on any atom is 0.0860 e. The molecule has 2 aromatic carbocycles. The maximum atomic E-state index is 8.97. The Morgan fingerprint density at radius 3 is 2.60 bits per heavy atom. The fourth-order valence-corrected chi connectivity index (χ4v) is 2.25. The van der Waals surface area contributed by atoms with Gasteiger partial charge in [0.1, 0.15) is 0 Å². The van der Waals surface area contributed by atoms with Crippen LogP contribution in [0.2, 0.25) is 0 Å². The van der Waals surface area contributed by atoms with E-state index in [0.717, 1.165) is 12.0 Å². The van der Waals surface area contributed by atoms with Gasteiger partial charge in [-0.3, -0.25) is 0 Å². The fraction of sp³-hybridized carbons (Fsp3) is 0.333. The molecule has 0 aliphatic heterocycles. The Hall–Kier alpha value is -1.64. The second kappa shape index (κ2) is 7.22. The molecule has 1 atom stereocenters. The van der Waals surface area contributed by atoms with Crippen molar-refractivity contribution >= 4 is 10.8 Å². The van der Waals surface area contributed by atoms with E-state index in [-0.39, 0.29) is 12.7 Å². The van der Waals surface area contributed by atoms with Gasteiger partial charge in [-0.05, 0) is 42.7 Å². The van der Waals surface area contributed by atoms with Gasteiger partial charge < -0.3 is 9.84 Å². The number of fused-ring (bicyclic) bond motifs is 1. The lowest BCUT2D eigenvalue weighted by Crippen LogP contribution is -2.07. The average molecular weight is 270 g/mol. The Morgan fingerprint density at radius 2 is 1.90 bits per heavy atom. The molecule has 0 spiro atoms. The largest absolute Gasteiger partial charge is 0.394 e. The summed E-state index contributed by atoms with van der Waals surface area (Å²) in [7, 11) is 0. The minimum atomic E-state index is 0.00153. The number of hydrogen-bond donors (Lipinski definition) is 1. The van der Waals surface area contributed by atoms with Crippen molar-refractivity contribution in [1.29, 1.82) is 0 Å². The summed E-state index contributed by atoms with van der Waals surface area (Å²) in [6.45, 7) is 4.60. The molecule has 2 rings (SSSR count). The molecule has 2 heteroatoms. The van der Waals surface area contributed by atoms with Crippen LogP contribution in [0.25, 0.3) is 10.8 Å². The third kappa shape index (κ3) is 3.92. The minimum Gasteiger partial charge on any atom is -0.394 e. The first kappa shape index (κ1) is 14.8. The van der Waals surface area contributed by atoms with Gasteiger partial charge in [-0.15, -0.1) is 0 Å². The molecule has 2 aromatic rings. The van der Waals surface area contributed by atoms with Crippen LogP contribution in [0.3, 0.4) is 0 Å². The summed E-state index contributed by atoms with van der Waals surface area (Å²) < 4.78 is 5.78. The van der Waals surface area contributed by atoms with Gasteiger partial charge in [0.25, 0.3) is 0 Å². The number of ether oxygens (including phenoxy) is 1. The zero-order valence-corrected chi connectivity index (χ0v) is 12.2. The van der Waals surface area contributed by atoms with Crippen LogP contribution in [-0.4, -0.2) is 18.3 Å². The van der Waals surface area contributed by atoms with Gasteiger partial charge >= 0.3 is 0 Å². The van der Waals surface area contributed by atoms with Gasteiger partial charge in [0.15, 0.2) is 0 Å². The van der Waals surface area contributed by atoms with Crippen LogP contribution in [-0.2, 0) is 4.74 Å². The third-order valence-electron chi connectivity index (χ3n) is 3.30. The lowest BCUT2D eigenvalue weighted by Gasteiger charge is -2.17. The van der Waals surface area contributed by atoms with Crippen molar-refractivity contribution in [2.75, 3.05) is 13.2 Å². The Labute approximate surface area is 120 Å². The Bertz CT molecular complexity index is 583. The topological polar surface area (TPSA) is 29.5 Å². The molecule has 2 nitrogen and oxygen atoms in total. The molecule has 0 heterocycles. The summed E-state index contributed by atoms with van der Waals surface area (Å²) in [5, 5.41) is 11.4. The van der Waals surface area contributed by atoms with Crippen molar-refractivity contribution in [2.45, 2.75) is 26.4 Å². The van der Waals surface area contributed by atoms with E-state index in [9.17, 15) is 0 Å². The number of aliphatic hydroxyl groups is 1. The van der Waals surface area contributed by atoms with Crippen molar-refractivity contribution in [3.05, 3.63) is 59.7 Å². The van der Waals surface area contributed by atoms with Crippen molar-refractivity contribution in [1.82, 2.24) is 0 Å². The van der Waals surface area contributed by atoms with Crippen LogP contribution in [0.1, 0.15) is 31.9 Å². The molecule has 0 amide bonds. The van der Waals surface area contributed by atoms with E-state index in [2.05, 4.69) is 50.3 Å². The molecular weight excluding hydrogens is 248 g/mol. The zero-order chi connectivity index (χ0) is 14.4. The quantitative estimate of drug-likeness (QED) is 0.795. The first-order valence-corrected chi connectivity index (χ1v) is 7.05. The average Bonchev–Trinajstić information content (AvgIpc) is 2.46. The van der Waals surface area contributed by atoms with Crippen LogP contribution in [0.4, 0.5) is 0 Å². The number of allylic oxidation sites excluding steroid dienone is 1. The van der Waals surface area contributed by atoms with Crippen molar-refractivity contribution in [2.24, 2.45) is 0 Å². The normalized spacial score (nSPS) is 12.3.